The van der Waals surface area contributed by atoms with Gasteiger partial charge in [-0.25, -0.2) is 8.42 Å². The van der Waals surface area contributed by atoms with Crippen molar-refractivity contribution in [1.82, 2.24) is 0 Å². The summed E-state index contributed by atoms with van der Waals surface area (Å²) in [4.78, 5) is 15.1. The van der Waals surface area contributed by atoms with E-state index in [-0.39, 0.29) is 39.1 Å². The van der Waals surface area contributed by atoms with Crippen molar-refractivity contribution >= 4 is 50.5 Å². The van der Waals surface area contributed by atoms with Gasteiger partial charge in [0.25, 0.3) is 10.0 Å². The molecule has 0 bridgehead atoms. The first kappa shape index (κ1) is 21.7. The van der Waals surface area contributed by atoms with E-state index in [4.69, 9.17) is 23.2 Å². The summed E-state index contributed by atoms with van der Waals surface area (Å²) in [5.74, 6) is -0.326. The number of anilines is 2. The Morgan fingerprint density at radius 1 is 1.00 bits per heavy atom. The highest BCUT2D eigenvalue weighted by Gasteiger charge is 2.34. The van der Waals surface area contributed by atoms with Crippen LogP contribution in [0.4, 0.5) is 11.4 Å². The largest absolute Gasteiger partial charge is 0.307 e. The van der Waals surface area contributed by atoms with Crippen molar-refractivity contribution in [1.29, 1.82) is 0 Å². The number of carbonyl (C=O) groups is 1. The Bertz CT molecular complexity index is 1210. The standard InChI is InChI=1S/C23H20Cl2N2O3S/c1-16-11-17-7-5-6-10-22(17)27(16)23(28)15-26(20-13-18(24)12-19(25)14-20)31(29,30)21-8-3-2-4-9-21/h2-10,12-14,16H,11,15H2,1H3/t16-/m0/s1. The Morgan fingerprint density at radius 3 is 2.29 bits per heavy atom. The number of fused-ring (bicyclic) bond motifs is 1. The Labute approximate surface area is 191 Å². The lowest BCUT2D eigenvalue weighted by Gasteiger charge is -2.29. The average molecular weight is 475 g/mol. The molecule has 4 rings (SSSR count). The number of nitrogens with zero attached hydrogens (tertiary/aromatic N) is 2. The number of rotatable bonds is 5. The first-order valence-electron chi connectivity index (χ1n) is 9.71. The van der Waals surface area contributed by atoms with E-state index in [9.17, 15) is 13.2 Å². The van der Waals surface area contributed by atoms with E-state index >= 15 is 0 Å². The fourth-order valence-electron chi connectivity index (χ4n) is 3.86. The molecule has 8 heteroatoms. The van der Waals surface area contributed by atoms with Crippen molar-refractivity contribution < 1.29 is 13.2 Å². The summed E-state index contributed by atoms with van der Waals surface area (Å²) < 4.78 is 28.1. The van der Waals surface area contributed by atoms with Crippen molar-refractivity contribution in [3.63, 3.8) is 0 Å². The highest BCUT2D eigenvalue weighted by molar-refractivity contribution is 7.92. The third kappa shape index (κ3) is 4.28. The molecular formula is C23H20Cl2N2O3S. The first-order valence-corrected chi connectivity index (χ1v) is 11.9. The SMILES string of the molecule is C[C@H]1Cc2ccccc2N1C(=O)CN(c1cc(Cl)cc(Cl)c1)S(=O)(=O)c1ccccc1. The maximum atomic E-state index is 13.5. The predicted molar refractivity (Wildman–Crippen MR) is 125 cm³/mol. The molecular weight excluding hydrogens is 455 g/mol. The summed E-state index contributed by atoms with van der Waals surface area (Å²) in [5, 5.41) is 0.561. The molecule has 0 radical (unpaired) electrons. The molecule has 0 spiro atoms. The molecule has 0 saturated heterocycles. The van der Waals surface area contributed by atoms with Gasteiger partial charge in [0, 0.05) is 21.8 Å². The van der Waals surface area contributed by atoms with E-state index in [2.05, 4.69) is 0 Å². The minimum atomic E-state index is -4.04. The number of halogens is 2. The third-order valence-electron chi connectivity index (χ3n) is 5.22. The normalized spacial score (nSPS) is 15.6. The van der Waals surface area contributed by atoms with Gasteiger partial charge in [-0.3, -0.25) is 9.10 Å². The monoisotopic (exact) mass is 474 g/mol. The van der Waals surface area contributed by atoms with Gasteiger partial charge >= 0.3 is 0 Å². The van der Waals surface area contributed by atoms with E-state index in [0.717, 1.165) is 22.0 Å². The van der Waals surface area contributed by atoms with Gasteiger partial charge in [0.2, 0.25) is 5.91 Å². The second kappa shape index (κ2) is 8.54. The number of carbonyl (C=O) groups excluding carboxylic acids is 1. The summed E-state index contributed by atoms with van der Waals surface area (Å²) in [6.45, 7) is 1.57. The number of para-hydroxylation sites is 1. The molecule has 0 N–H and O–H groups in total. The molecule has 1 aliphatic heterocycles. The van der Waals surface area contributed by atoms with E-state index in [1.54, 1.807) is 23.1 Å². The van der Waals surface area contributed by atoms with Gasteiger partial charge in [0.1, 0.15) is 6.54 Å². The van der Waals surface area contributed by atoms with E-state index in [0.29, 0.717) is 0 Å². The molecule has 1 aliphatic rings. The van der Waals surface area contributed by atoms with Crippen molar-refractivity contribution in [2.24, 2.45) is 0 Å². The summed E-state index contributed by atoms with van der Waals surface area (Å²) in [5.41, 5.74) is 2.10. The van der Waals surface area contributed by atoms with Crippen molar-refractivity contribution in [2.45, 2.75) is 24.3 Å². The van der Waals surface area contributed by atoms with E-state index < -0.39 is 10.0 Å². The Morgan fingerprint density at radius 2 is 1.61 bits per heavy atom. The Kier molecular flexibility index (Phi) is 5.97. The Balaban J connectivity index is 1.76. The molecule has 0 aromatic heterocycles. The molecule has 0 aliphatic carbocycles. The highest BCUT2D eigenvalue weighted by Crippen LogP contribution is 2.34. The predicted octanol–water partition coefficient (Wildman–Crippen LogP) is 5.17. The lowest BCUT2D eigenvalue weighted by molar-refractivity contribution is -0.117. The third-order valence-corrected chi connectivity index (χ3v) is 7.45. The van der Waals surface area contributed by atoms with Crippen LogP contribution in [-0.4, -0.2) is 26.9 Å². The fourth-order valence-corrected chi connectivity index (χ4v) is 5.80. The molecule has 0 unspecified atom stereocenters. The minimum Gasteiger partial charge on any atom is -0.307 e. The van der Waals surface area contributed by atoms with Crippen LogP contribution in [0.2, 0.25) is 10.0 Å². The summed E-state index contributed by atoms with van der Waals surface area (Å²) in [7, 11) is -4.04. The molecule has 5 nitrogen and oxygen atoms in total. The average Bonchev–Trinajstić information content (AvgIpc) is 3.07. The van der Waals surface area contributed by atoms with Crippen LogP contribution in [0.1, 0.15) is 12.5 Å². The van der Waals surface area contributed by atoms with Crippen LogP contribution < -0.4 is 9.21 Å². The molecule has 0 fully saturated rings. The molecule has 1 heterocycles. The fraction of sp³-hybridized carbons (Fsp3) is 0.174. The van der Waals surface area contributed by atoms with Gasteiger partial charge in [-0.2, -0.15) is 0 Å². The summed E-state index contributed by atoms with van der Waals surface area (Å²) in [6.07, 6.45) is 0.719. The van der Waals surface area contributed by atoms with Crippen LogP contribution in [0, 0.1) is 0 Å². The topological polar surface area (TPSA) is 57.7 Å². The van der Waals surface area contributed by atoms with Gasteiger partial charge in [-0.05, 0) is 55.3 Å². The second-order valence-electron chi connectivity index (χ2n) is 7.40. The van der Waals surface area contributed by atoms with Crippen LogP contribution >= 0.6 is 23.2 Å². The van der Waals surface area contributed by atoms with Crippen LogP contribution in [0.5, 0.6) is 0 Å². The Hall–Kier alpha value is -2.54. The zero-order valence-corrected chi connectivity index (χ0v) is 19.0. The summed E-state index contributed by atoms with van der Waals surface area (Å²) in [6, 6.07) is 20.1. The quantitative estimate of drug-likeness (QED) is 0.512. The molecule has 3 aromatic rings. The molecule has 160 valence electrons. The highest BCUT2D eigenvalue weighted by atomic mass is 35.5. The number of hydrogen-bond acceptors (Lipinski definition) is 3. The number of hydrogen-bond donors (Lipinski definition) is 0. The van der Waals surface area contributed by atoms with Gasteiger partial charge in [-0.1, -0.05) is 59.6 Å². The molecule has 31 heavy (non-hydrogen) atoms. The minimum absolute atomic E-state index is 0.0749. The molecule has 1 atom stereocenters. The van der Waals surface area contributed by atoms with Crippen molar-refractivity contribution in [2.75, 3.05) is 15.7 Å². The van der Waals surface area contributed by atoms with Crippen LogP contribution in [0.15, 0.2) is 77.7 Å². The van der Waals surface area contributed by atoms with Crippen LogP contribution in [0.25, 0.3) is 0 Å². The zero-order chi connectivity index (χ0) is 22.2. The van der Waals surface area contributed by atoms with Gasteiger partial charge < -0.3 is 4.90 Å². The maximum Gasteiger partial charge on any atom is 0.264 e. The zero-order valence-electron chi connectivity index (χ0n) is 16.7. The van der Waals surface area contributed by atoms with Crippen LogP contribution in [0.3, 0.4) is 0 Å². The lowest BCUT2D eigenvalue weighted by Crippen LogP contribution is -2.45. The smallest absolute Gasteiger partial charge is 0.264 e. The van der Waals surface area contributed by atoms with E-state index in [1.165, 1.54) is 30.3 Å². The maximum absolute atomic E-state index is 13.5. The lowest BCUT2D eigenvalue weighted by atomic mass is 10.1. The van der Waals surface area contributed by atoms with Gasteiger partial charge in [-0.15, -0.1) is 0 Å². The summed E-state index contributed by atoms with van der Waals surface area (Å²) >= 11 is 12.3. The van der Waals surface area contributed by atoms with Gasteiger partial charge in [0.05, 0.1) is 10.6 Å². The van der Waals surface area contributed by atoms with Crippen molar-refractivity contribution in [3.8, 4) is 0 Å². The van der Waals surface area contributed by atoms with Crippen molar-refractivity contribution in [3.05, 3.63) is 88.4 Å². The number of sulfonamides is 1. The molecule has 3 aromatic carbocycles. The van der Waals surface area contributed by atoms with Gasteiger partial charge in [0.15, 0.2) is 0 Å². The second-order valence-corrected chi connectivity index (χ2v) is 10.1. The first-order chi connectivity index (χ1) is 14.8. The van der Waals surface area contributed by atoms with Crippen LogP contribution in [-0.2, 0) is 21.2 Å². The number of benzene rings is 3. The molecule has 0 saturated carbocycles. The van der Waals surface area contributed by atoms with E-state index in [1.807, 2.05) is 31.2 Å². The molecule has 1 amide bonds. The number of amides is 1.